The van der Waals surface area contributed by atoms with Crippen molar-refractivity contribution in [3.63, 3.8) is 0 Å². The van der Waals surface area contributed by atoms with Crippen molar-refractivity contribution in [1.82, 2.24) is 15.3 Å². The van der Waals surface area contributed by atoms with Crippen molar-refractivity contribution < 1.29 is 42.4 Å². The zero-order valence-electron chi connectivity index (χ0n) is 30.8. The van der Waals surface area contributed by atoms with E-state index in [9.17, 15) is 14.0 Å². The molecule has 0 unspecified atom stereocenters. The molecule has 18 heteroatoms. The van der Waals surface area contributed by atoms with Crippen LogP contribution in [-0.2, 0) is 23.8 Å². The van der Waals surface area contributed by atoms with Crippen molar-refractivity contribution in [2.75, 3.05) is 77.1 Å². The molecule has 58 heavy (non-hydrogen) atoms. The number of halogens is 5. The average Bonchev–Trinajstić information content (AvgIpc) is 3.50. The lowest BCUT2D eigenvalue weighted by Gasteiger charge is -2.14. The van der Waals surface area contributed by atoms with E-state index in [4.69, 9.17) is 40.0 Å². The van der Waals surface area contributed by atoms with Gasteiger partial charge in [-0.15, -0.1) is 0 Å². The predicted octanol–water partition coefficient (Wildman–Crippen LogP) is 8.42. The summed E-state index contributed by atoms with van der Waals surface area (Å²) in [6, 6.07) is 17.3. The second-order valence-corrected chi connectivity index (χ2v) is 15.7. The quantitative estimate of drug-likeness (QED) is 0.0392. The number of methoxy groups -OCH3 is 1. The number of anilines is 3. The van der Waals surface area contributed by atoms with Crippen molar-refractivity contribution in [3.05, 3.63) is 101 Å². The molecule has 0 spiro atoms. The third-order valence-corrected chi connectivity index (χ3v) is 10.5. The third kappa shape index (κ3) is 11.8. The van der Waals surface area contributed by atoms with Gasteiger partial charge in [0.15, 0.2) is 18.1 Å². The summed E-state index contributed by atoms with van der Waals surface area (Å²) < 4.78 is 49.9. The Morgan fingerprint density at radius 2 is 1.62 bits per heavy atom. The predicted molar refractivity (Wildman–Crippen MR) is 235 cm³/mol. The van der Waals surface area contributed by atoms with E-state index in [2.05, 4.69) is 80.4 Å². The molecule has 0 saturated carbocycles. The molecule has 304 valence electrons. The SMILES string of the molecule is COc1cc2ncnc(Nc3ccc(F)c(Cl)c3)c2cc1OCCOCCOCCOCCNC(=O)COc1c(Br)cc(/C=C2\C(=O)Nc3ccc(I)cc32)cc1Br. The number of rotatable bonds is 20. The molecular formula is C40H36Br2ClFIN5O8. The van der Waals surface area contributed by atoms with Crippen LogP contribution in [0.5, 0.6) is 17.2 Å². The number of benzene rings is 4. The number of carbonyl (C=O) groups excluding carboxylic acids is 2. The Bertz CT molecular complexity index is 2300. The fraction of sp³-hybridized carbons (Fsp3) is 0.250. The highest BCUT2D eigenvalue weighted by atomic mass is 127. The van der Waals surface area contributed by atoms with Crippen molar-refractivity contribution >= 4 is 118 Å². The summed E-state index contributed by atoms with van der Waals surface area (Å²) in [5.41, 5.74) is 4.17. The molecule has 0 radical (unpaired) electrons. The topological polar surface area (TPSA) is 151 Å². The lowest BCUT2D eigenvalue weighted by Crippen LogP contribution is -2.32. The number of hydrogen-bond acceptors (Lipinski definition) is 11. The maximum absolute atomic E-state index is 13.6. The van der Waals surface area contributed by atoms with Gasteiger partial charge in [-0.05, 0) is 121 Å². The number of aromatic nitrogens is 2. The van der Waals surface area contributed by atoms with Gasteiger partial charge in [-0.3, -0.25) is 9.59 Å². The molecule has 2 amide bonds. The van der Waals surface area contributed by atoms with Crippen LogP contribution >= 0.6 is 66.1 Å². The number of hydrogen-bond donors (Lipinski definition) is 3. The fourth-order valence-electron chi connectivity index (χ4n) is 5.62. The Balaban J connectivity index is 0.826. The largest absolute Gasteiger partial charge is 0.493 e. The highest BCUT2D eigenvalue weighted by molar-refractivity contribution is 14.1. The first kappa shape index (κ1) is 43.5. The Labute approximate surface area is 368 Å². The maximum atomic E-state index is 13.6. The van der Waals surface area contributed by atoms with E-state index >= 15 is 0 Å². The maximum Gasteiger partial charge on any atom is 0.258 e. The standard InChI is InChI=1S/C40H36Br2ClFIN5O8/c1-53-35-20-34-28(39(48-22-47-34)49-25-3-4-32(44)31(43)18-25)19-36(35)57-13-12-56-11-10-55-9-8-54-7-6-46-37(51)21-58-38-29(41)15-23(16-30(38)42)14-27-26-17-24(45)2-5-33(26)50-40(27)52/h2-5,14-20,22H,6-13,21H2,1H3,(H,46,51)(H,50,52)(H,47,48,49)/b27-14-. The summed E-state index contributed by atoms with van der Waals surface area (Å²) in [5.74, 6) is 0.943. The molecule has 0 fully saturated rings. The van der Waals surface area contributed by atoms with Crippen molar-refractivity contribution in [2.45, 2.75) is 0 Å². The molecule has 5 aromatic rings. The number of amides is 2. The van der Waals surface area contributed by atoms with Crippen LogP contribution in [0.4, 0.5) is 21.6 Å². The van der Waals surface area contributed by atoms with E-state index in [-0.39, 0.29) is 30.1 Å². The van der Waals surface area contributed by atoms with Crippen molar-refractivity contribution in [2.24, 2.45) is 0 Å². The molecule has 2 heterocycles. The van der Waals surface area contributed by atoms with Crippen LogP contribution in [-0.4, -0.2) is 88.3 Å². The van der Waals surface area contributed by atoms with Crippen molar-refractivity contribution in [3.8, 4) is 17.2 Å². The van der Waals surface area contributed by atoms with E-state index in [1.54, 1.807) is 25.3 Å². The van der Waals surface area contributed by atoms with Gasteiger partial charge in [0.2, 0.25) is 0 Å². The highest BCUT2D eigenvalue weighted by Crippen LogP contribution is 2.39. The van der Waals surface area contributed by atoms with Crippen LogP contribution < -0.4 is 30.2 Å². The molecule has 0 atom stereocenters. The minimum absolute atomic E-state index is 0.00785. The monoisotopic (exact) mass is 1050 g/mol. The zero-order chi connectivity index (χ0) is 41.0. The van der Waals surface area contributed by atoms with Gasteiger partial charge < -0.3 is 44.4 Å². The van der Waals surface area contributed by atoms with Crippen LogP contribution in [0.2, 0.25) is 5.02 Å². The van der Waals surface area contributed by atoms with Crippen LogP contribution in [0.3, 0.4) is 0 Å². The molecule has 1 aliphatic heterocycles. The van der Waals surface area contributed by atoms with Gasteiger partial charge in [0.25, 0.3) is 11.8 Å². The number of nitrogens with zero attached hydrogens (tertiary/aromatic N) is 2. The van der Waals surface area contributed by atoms with Gasteiger partial charge >= 0.3 is 0 Å². The minimum Gasteiger partial charge on any atom is -0.493 e. The average molecular weight is 1060 g/mol. The van der Waals surface area contributed by atoms with E-state index < -0.39 is 5.82 Å². The van der Waals surface area contributed by atoms with E-state index in [0.717, 1.165) is 20.4 Å². The van der Waals surface area contributed by atoms with E-state index in [0.29, 0.717) is 100 Å². The first-order chi connectivity index (χ1) is 28.1. The Morgan fingerprint density at radius 3 is 2.34 bits per heavy atom. The molecule has 3 N–H and O–H groups in total. The molecular weight excluding hydrogens is 1020 g/mol. The van der Waals surface area contributed by atoms with Crippen molar-refractivity contribution in [1.29, 1.82) is 0 Å². The Morgan fingerprint density at radius 1 is 0.897 bits per heavy atom. The minimum atomic E-state index is -0.515. The molecule has 13 nitrogen and oxygen atoms in total. The van der Waals surface area contributed by atoms with E-state index in [1.165, 1.54) is 18.5 Å². The lowest BCUT2D eigenvalue weighted by atomic mass is 10.0. The van der Waals surface area contributed by atoms with Crippen LogP contribution in [0.25, 0.3) is 22.6 Å². The van der Waals surface area contributed by atoms with Gasteiger partial charge in [-0.25, -0.2) is 14.4 Å². The van der Waals surface area contributed by atoms with Gasteiger partial charge in [-0.2, -0.15) is 0 Å². The lowest BCUT2D eigenvalue weighted by molar-refractivity contribution is -0.123. The molecule has 6 rings (SSSR count). The van der Waals surface area contributed by atoms with Gasteiger partial charge in [0.05, 0.1) is 66.2 Å². The van der Waals surface area contributed by atoms with Gasteiger partial charge in [0, 0.05) is 44.1 Å². The second-order valence-electron chi connectivity index (χ2n) is 12.3. The van der Waals surface area contributed by atoms with Crippen LogP contribution in [0, 0.1) is 9.39 Å². The first-order valence-corrected chi connectivity index (χ1v) is 20.8. The smallest absolute Gasteiger partial charge is 0.258 e. The molecule has 0 aliphatic carbocycles. The fourth-order valence-corrected chi connectivity index (χ4v) is 7.74. The molecule has 0 bridgehead atoms. The number of carbonyl (C=O) groups is 2. The van der Waals surface area contributed by atoms with E-state index in [1.807, 2.05) is 36.4 Å². The zero-order valence-corrected chi connectivity index (χ0v) is 36.9. The summed E-state index contributed by atoms with van der Waals surface area (Å²) in [6.45, 7) is 2.40. The summed E-state index contributed by atoms with van der Waals surface area (Å²) in [5, 5.41) is 9.46. The molecule has 0 saturated heterocycles. The Hall–Kier alpha value is -4.11. The Kier molecular flexibility index (Phi) is 15.9. The molecule has 1 aromatic heterocycles. The normalized spacial score (nSPS) is 12.7. The summed E-state index contributed by atoms with van der Waals surface area (Å²) in [7, 11) is 1.54. The van der Waals surface area contributed by atoms with Crippen LogP contribution in [0.15, 0.2) is 75.9 Å². The number of fused-ring (bicyclic) bond motifs is 2. The number of nitrogens with one attached hydrogen (secondary N) is 3. The molecule has 4 aromatic carbocycles. The van der Waals surface area contributed by atoms with Gasteiger partial charge in [0.1, 0.15) is 30.3 Å². The van der Waals surface area contributed by atoms with Gasteiger partial charge in [-0.1, -0.05) is 11.6 Å². The first-order valence-electron chi connectivity index (χ1n) is 17.7. The van der Waals surface area contributed by atoms with Crippen LogP contribution in [0.1, 0.15) is 11.1 Å². The summed E-state index contributed by atoms with van der Waals surface area (Å²) >= 11 is 15.2. The summed E-state index contributed by atoms with van der Waals surface area (Å²) in [4.78, 5) is 33.7. The highest BCUT2D eigenvalue weighted by Gasteiger charge is 2.24. The summed E-state index contributed by atoms with van der Waals surface area (Å²) in [6.07, 6.45) is 3.23. The number of ether oxygens (including phenoxy) is 6. The molecule has 1 aliphatic rings. The second kappa shape index (κ2) is 21.2. The third-order valence-electron chi connectivity index (χ3n) is 8.34.